The second kappa shape index (κ2) is 8.66. The lowest BCUT2D eigenvalue weighted by Crippen LogP contribution is -2.22. The van der Waals surface area contributed by atoms with E-state index < -0.39 is 0 Å². The molecule has 3 aromatic rings. The largest absolute Gasteiger partial charge is 0.497 e. The number of rotatable bonds is 7. The van der Waals surface area contributed by atoms with Crippen LogP contribution in [0.5, 0.6) is 17.2 Å². The number of hydrogen-bond acceptors (Lipinski definition) is 7. The molecule has 9 heteroatoms. The summed E-state index contributed by atoms with van der Waals surface area (Å²) < 4.78 is 17.7. The van der Waals surface area contributed by atoms with Crippen molar-refractivity contribution in [1.82, 2.24) is 14.8 Å². The van der Waals surface area contributed by atoms with Crippen LogP contribution in [0.25, 0.3) is 0 Å². The van der Waals surface area contributed by atoms with Crippen LogP contribution in [0.4, 0.5) is 5.69 Å². The van der Waals surface area contributed by atoms with Crippen molar-refractivity contribution < 1.29 is 19.0 Å². The van der Waals surface area contributed by atoms with Gasteiger partial charge in [-0.2, -0.15) is 0 Å². The number of amides is 1. The minimum Gasteiger partial charge on any atom is -0.497 e. The van der Waals surface area contributed by atoms with Crippen LogP contribution in [-0.4, -0.2) is 39.8 Å². The highest BCUT2D eigenvalue weighted by Gasteiger charge is 2.20. The van der Waals surface area contributed by atoms with Gasteiger partial charge in [-0.25, -0.2) is 0 Å². The molecule has 1 aliphatic rings. The first kappa shape index (κ1) is 20.1. The Hall–Kier alpha value is -3.20. The minimum atomic E-state index is -0.354. The third-order valence-electron chi connectivity index (χ3n) is 4.74. The number of thioether (sulfide) groups is 1. The normalized spacial score (nSPS) is 13.2. The zero-order chi connectivity index (χ0) is 21.1. The first-order chi connectivity index (χ1) is 14.5. The van der Waals surface area contributed by atoms with E-state index in [0.717, 1.165) is 17.1 Å². The molecule has 1 N–H and O–H groups in total. The first-order valence-electron chi connectivity index (χ1n) is 9.42. The SMILES string of the molecule is COc1ccc(Cc2nnc(SC(C)C(=O)Nc3ccc4c(c3)OCO4)n2C)cc1. The Morgan fingerprint density at radius 3 is 2.73 bits per heavy atom. The Morgan fingerprint density at radius 2 is 1.97 bits per heavy atom. The van der Waals surface area contributed by atoms with E-state index in [2.05, 4.69) is 15.5 Å². The number of benzene rings is 2. The average molecular weight is 426 g/mol. The third-order valence-corrected chi connectivity index (χ3v) is 5.87. The Labute approximate surface area is 178 Å². The quantitative estimate of drug-likeness (QED) is 0.580. The highest BCUT2D eigenvalue weighted by atomic mass is 32.2. The Bertz CT molecular complexity index is 1050. The van der Waals surface area contributed by atoms with Crippen molar-refractivity contribution in [2.24, 2.45) is 7.05 Å². The van der Waals surface area contributed by atoms with Crippen LogP contribution in [0.1, 0.15) is 18.3 Å². The number of anilines is 1. The molecule has 0 radical (unpaired) electrons. The molecule has 0 fully saturated rings. The summed E-state index contributed by atoms with van der Waals surface area (Å²) in [5.41, 5.74) is 1.77. The molecule has 0 saturated carbocycles. The van der Waals surface area contributed by atoms with Gasteiger partial charge in [-0.15, -0.1) is 10.2 Å². The summed E-state index contributed by atoms with van der Waals surface area (Å²) in [4.78, 5) is 12.6. The van der Waals surface area contributed by atoms with Crippen LogP contribution in [0.2, 0.25) is 0 Å². The van der Waals surface area contributed by atoms with E-state index in [9.17, 15) is 4.79 Å². The molecule has 1 aliphatic heterocycles. The summed E-state index contributed by atoms with van der Waals surface area (Å²) >= 11 is 1.36. The summed E-state index contributed by atoms with van der Waals surface area (Å²) in [6.45, 7) is 2.04. The highest BCUT2D eigenvalue weighted by Crippen LogP contribution is 2.34. The fourth-order valence-electron chi connectivity index (χ4n) is 2.96. The standard InChI is InChI=1S/C21H22N4O4S/c1-13(20(26)22-15-6-9-17-18(11-15)29-12-28-17)30-21-24-23-19(25(21)2)10-14-4-7-16(27-3)8-5-14/h4-9,11,13H,10,12H2,1-3H3,(H,22,26). The van der Waals surface area contributed by atoms with Gasteiger partial charge in [0.2, 0.25) is 12.7 Å². The molecule has 4 rings (SSSR count). The fourth-order valence-corrected chi connectivity index (χ4v) is 3.79. The van der Waals surface area contributed by atoms with Gasteiger partial charge < -0.3 is 24.1 Å². The van der Waals surface area contributed by atoms with Crippen LogP contribution in [0.3, 0.4) is 0 Å². The van der Waals surface area contributed by atoms with Crippen molar-refractivity contribution in [3.63, 3.8) is 0 Å². The summed E-state index contributed by atoms with van der Waals surface area (Å²) in [6.07, 6.45) is 0.645. The number of methoxy groups -OCH3 is 1. The van der Waals surface area contributed by atoms with E-state index in [1.807, 2.05) is 42.8 Å². The van der Waals surface area contributed by atoms with Gasteiger partial charge in [-0.1, -0.05) is 23.9 Å². The molecule has 0 bridgehead atoms. The van der Waals surface area contributed by atoms with Gasteiger partial charge in [0, 0.05) is 25.2 Å². The molecule has 1 amide bonds. The van der Waals surface area contributed by atoms with E-state index in [-0.39, 0.29) is 18.0 Å². The second-order valence-corrected chi connectivity index (χ2v) is 8.11. The molecule has 0 saturated heterocycles. The van der Waals surface area contributed by atoms with E-state index in [4.69, 9.17) is 14.2 Å². The van der Waals surface area contributed by atoms with Gasteiger partial charge in [0.15, 0.2) is 16.7 Å². The Kier molecular flexibility index (Phi) is 5.80. The van der Waals surface area contributed by atoms with Crippen LogP contribution in [0.15, 0.2) is 47.6 Å². The van der Waals surface area contributed by atoms with Gasteiger partial charge in [-0.3, -0.25) is 4.79 Å². The van der Waals surface area contributed by atoms with E-state index >= 15 is 0 Å². The summed E-state index contributed by atoms with van der Waals surface area (Å²) in [6, 6.07) is 13.2. The third kappa shape index (κ3) is 4.35. The maximum absolute atomic E-state index is 12.6. The van der Waals surface area contributed by atoms with Gasteiger partial charge >= 0.3 is 0 Å². The number of nitrogens with zero attached hydrogens (tertiary/aromatic N) is 3. The predicted molar refractivity (Wildman–Crippen MR) is 113 cm³/mol. The number of aromatic nitrogens is 3. The van der Waals surface area contributed by atoms with E-state index in [1.54, 1.807) is 25.3 Å². The lowest BCUT2D eigenvalue weighted by atomic mass is 10.1. The molecule has 2 heterocycles. The molecule has 156 valence electrons. The van der Waals surface area contributed by atoms with Crippen molar-refractivity contribution in [3.05, 3.63) is 53.9 Å². The van der Waals surface area contributed by atoms with Crippen LogP contribution < -0.4 is 19.5 Å². The fraction of sp³-hybridized carbons (Fsp3) is 0.286. The van der Waals surface area contributed by atoms with Gasteiger partial charge in [0.05, 0.1) is 12.4 Å². The summed E-state index contributed by atoms with van der Waals surface area (Å²) in [5, 5.41) is 11.8. The lowest BCUT2D eigenvalue weighted by molar-refractivity contribution is -0.115. The van der Waals surface area contributed by atoms with E-state index in [1.165, 1.54) is 11.8 Å². The number of carbonyl (C=O) groups excluding carboxylic acids is 1. The maximum Gasteiger partial charge on any atom is 0.237 e. The molecule has 2 aromatic carbocycles. The zero-order valence-electron chi connectivity index (χ0n) is 16.9. The molecular weight excluding hydrogens is 404 g/mol. The topological polar surface area (TPSA) is 87.5 Å². The Morgan fingerprint density at radius 1 is 1.20 bits per heavy atom. The average Bonchev–Trinajstić information content (AvgIpc) is 3.35. The molecule has 1 unspecified atom stereocenters. The van der Waals surface area contributed by atoms with Crippen molar-refractivity contribution >= 4 is 23.4 Å². The van der Waals surface area contributed by atoms with Gasteiger partial charge in [0.25, 0.3) is 0 Å². The summed E-state index contributed by atoms with van der Waals surface area (Å²) in [5.74, 6) is 2.82. The van der Waals surface area contributed by atoms with Crippen molar-refractivity contribution in [3.8, 4) is 17.2 Å². The molecule has 8 nitrogen and oxygen atoms in total. The smallest absolute Gasteiger partial charge is 0.237 e. The monoisotopic (exact) mass is 426 g/mol. The molecule has 0 aliphatic carbocycles. The first-order valence-corrected chi connectivity index (χ1v) is 10.3. The predicted octanol–water partition coefficient (Wildman–Crippen LogP) is 3.26. The molecule has 30 heavy (non-hydrogen) atoms. The van der Waals surface area contributed by atoms with Crippen LogP contribution in [-0.2, 0) is 18.3 Å². The number of hydrogen-bond donors (Lipinski definition) is 1. The number of carbonyl (C=O) groups is 1. The minimum absolute atomic E-state index is 0.126. The lowest BCUT2D eigenvalue weighted by Gasteiger charge is -2.12. The second-order valence-electron chi connectivity index (χ2n) is 6.80. The maximum atomic E-state index is 12.6. The molecular formula is C21H22N4O4S. The number of ether oxygens (including phenoxy) is 3. The van der Waals surface area contributed by atoms with Gasteiger partial charge in [-0.05, 0) is 36.8 Å². The van der Waals surface area contributed by atoms with Crippen molar-refractivity contribution in [1.29, 1.82) is 0 Å². The van der Waals surface area contributed by atoms with E-state index in [0.29, 0.717) is 28.8 Å². The number of nitrogens with one attached hydrogen (secondary N) is 1. The summed E-state index contributed by atoms with van der Waals surface area (Å²) in [7, 11) is 3.55. The van der Waals surface area contributed by atoms with Crippen LogP contribution in [0, 0.1) is 0 Å². The molecule has 0 spiro atoms. The molecule has 1 aromatic heterocycles. The van der Waals surface area contributed by atoms with Gasteiger partial charge in [0.1, 0.15) is 11.6 Å². The Balaban J connectivity index is 1.38. The van der Waals surface area contributed by atoms with Crippen molar-refractivity contribution in [2.75, 3.05) is 19.2 Å². The number of fused-ring (bicyclic) bond motifs is 1. The van der Waals surface area contributed by atoms with Crippen molar-refractivity contribution in [2.45, 2.75) is 23.8 Å². The highest BCUT2D eigenvalue weighted by molar-refractivity contribution is 8.00. The molecule has 1 atom stereocenters. The van der Waals surface area contributed by atoms with Crippen LogP contribution >= 0.6 is 11.8 Å². The zero-order valence-corrected chi connectivity index (χ0v) is 17.7.